The van der Waals surface area contributed by atoms with E-state index in [1.807, 2.05) is 12.1 Å². The van der Waals surface area contributed by atoms with Gasteiger partial charge in [-0.1, -0.05) is 6.07 Å². The third-order valence-corrected chi connectivity index (χ3v) is 3.01. The van der Waals surface area contributed by atoms with E-state index >= 15 is 0 Å². The van der Waals surface area contributed by atoms with Gasteiger partial charge in [-0.05, 0) is 31.1 Å². The Hall–Kier alpha value is -1.46. The fraction of sp³-hybridized carbons (Fsp3) is 0.538. The molecule has 1 aromatic rings. The standard InChI is InChI=1S/C13H20N4O/c18-13(11-17-7-2-5-14-6-8-17)16-10-12-3-1-4-15-9-12/h1,3-4,9,14H,2,5-8,10-11H2,(H,16,18). The van der Waals surface area contributed by atoms with Crippen LogP contribution in [0.25, 0.3) is 0 Å². The maximum absolute atomic E-state index is 11.8. The summed E-state index contributed by atoms with van der Waals surface area (Å²) in [6.07, 6.45) is 4.61. The molecule has 0 saturated carbocycles. The number of nitrogens with one attached hydrogen (secondary N) is 2. The number of aromatic nitrogens is 1. The number of carbonyl (C=O) groups excluding carboxylic acids is 1. The van der Waals surface area contributed by atoms with E-state index in [0.717, 1.165) is 38.2 Å². The second kappa shape index (κ2) is 7.08. The molecule has 0 aromatic carbocycles. The summed E-state index contributed by atoms with van der Waals surface area (Å²) in [6, 6.07) is 3.84. The molecule has 1 saturated heterocycles. The van der Waals surface area contributed by atoms with Gasteiger partial charge in [-0.15, -0.1) is 0 Å². The summed E-state index contributed by atoms with van der Waals surface area (Å²) in [7, 11) is 0. The van der Waals surface area contributed by atoms with Crippen molar-refractivity contribution in [3.8, 4) is 0 Å². The maximum atomic E-state index is 11.8. The molecular weight excluding hydrogens is 228 g/mol. The Morgan fingerprint density at radius 1 is 1.44 bits per heavy atom. The Morgan fingerprint density at radius 2 is 2.39 bits per heavy atom. The molecule has 0 aliphatic carbocycles. The first kappa shape index (κ1) is 13.0. The van der Waals surface area contributed by atoms with Crippen LogP contribution in [0.15, 0.2) is 24.5 Å². The van der Waals surface area contributed by atoms with Crippen molar-refractivity contribution >= 4 is 5.91 Å². The fourth-order valence-corrected chi connectivity index (χ4v) is 2.02. The Morgan fingerprint density at radius 3 is 3.22 bits per heavy atom. The van der Waals surface area contributed by atoms with Crippen molar-refractivity contribution in [1.29, 1.82) is 0 Å². The van der Waals surface area contributed by atoms with Crippen LogP contribution in [0.3, 0.4) is 0 Å². The summed E-state index contributed by atoms with van der Waals surface area (Å²) in [5.41, 5.74) is 1.03. The first-order chi connectivity index (χ1) is 8.84. The van der Waals surface area contributed by atoms with Gasteiger partial charge in [0, 0.05) is 32.0 Å². The van der Waals surface area contributed by atoms with E-state index in [2.05, 4.69) is 20.5 Å². The highest BCUT2D eigenvalue weighted by Gasteiger charge is 2.12. The zero-order chi connectivity index (χ0) is 12.6. The van der Waals surface area contributed by atoms with Gasteiger partial charge in [0.15, 0.2) is 0 Å². The monoisotopic (exact) mass is 248 g/mol. The molecule has 2 heterocycles. The van der Waals surface area contributed by atoms with E-state index in [1.54, 1.807) is 12.4 Å². The minimum absolute atomic E-state index is 0.0840. The van der Waals surface area contributed by atoms with Gasteiger partial charge in [0.05, 0.1) is 6.54 Å². The van der Waals surface area contributed by atoms with E-state index in [1.165, 1.54) is 0 Å². The number of rotatable bonds is 4. The van der Waals surface area contributed by atoms with Gasteiger partial charge in [-0.25, -0.2) is 0 Å². The van der Waals surface area contributed by atoms with Crippen molar-refractivity contribution in [3.63, 3.8) is 0 Å². The second-order valence-corrected chi connectivity index (χ2v) is 4.52. The summed E-state index contributed by atoms with van der Waals surface area (Å²) < 4.78 is 0. The summed E-state index contributed by atoms with van der Waals surface area (Å²) in [5.74, 6) is 0.0840. The molecule has 1 aliphatic heterocycles. The van der Waals surface area contributed by atoms with Crippen LogP contribution in [-0.4, -0.2) is 48.5 Å². The van der Waals surface area contributed by atoms with E-state index < -0.39 is 0 Å². The molecule has 5 heteroatoms. The van der Waals surface area contributed by atoms with Crippen LogP contribution < -0.4 is 10.6 Å². The van der Waals surface area contributed by atoms with Crippen molar-refractivity contribution in [3.05, 3.63) is 30.1 Å². The topological polar surface area (TPSA) is 57.3 Å². The molecule has 1 amide bonds. The number of pyridine rings is 1. The highest BCUT2D eigenvalue weighted by atomic mass is 16.2. The molecule has 1 fully saturated rings. The third-order valence-electron chi connectivity index (χ3n) is 3.01. The second-order valence-electron chi connectivity index (χ2n) is 4.52. The summed E-state index contributed by atoms with van der Waals surface area (Å²) in [4.78, 5) is 18.0. The largest absolute Gasteiger partial charge is 0.351 e. The van der Waals surface area contributed by atoms with Crippen LogP contribution in [0, 0.1) is 0 Å². The van der Waals surface area contributed by atoms with Crippen LogP contribution in [0.4, 0.5) is 0 Å². The molecule has 1 aliphatic rings. The normalized spacial score (nSPS) is 17.1. The predicted octanol–water partition coefficient (Wildman–Crippen LogP) is -0.00690. The van der Waals surface area contributed by atoms with E-state index in [4.69, 9.17) is 0 Å². The molecule has 0 atom stereocenters. The van der Waals surface area contributed by atoms with E-state index in [0.29, 0.717) is 13.1 Å². The first-order valence-corrected chi connectivity index (χ1v) is 6.43. The molecule has 0 radical (unpaired) electrons. The molecule has 18 heavy (non-hydrogen) atoms. The number of hydrogen-bond acceptors (Lipinski definition) is 4. The third kappa shape index (κ3) is 4.43. The Bertz CT molecular complexity index is 361. The Kier molecular flexibility index (Phi) is 5.11. The quantitative estimate of drug-likeness (QED) is 0.787. The van der Waals surface area contributed by atoms with Gasteiger partial charge in [-0.3, -0.25) is 14.7 Å². The summed E-state index contributed by atoms with van der Waals surface area (Å²) in [5, 5.41) is 6.25. The number of carbonyl (C=O) groups is 1. The van der Waals surface area contributed by atoms with E-state index in [-0.39, 0.29) is 5.91 Å². The first-order valence-electron chi connectivity index (χ1n) is 6.43. The smallest absolute Gasteiger partial charge is 0.234 e. The summed E-state index contributed by atoms with van der Waals surface area (Å²) in [6.45, 7) is 5.00. The lowest BCUT2D eigenvalue weighted by molar-refractivity contribution is -0.122. The molecule has 2 rings (SSSR count). The molecule has 1 aromatic heterocycles. The van der Waals surface area contributed by atoms with Crippen LogP contribution in [-0.2, 0) is 11.3 Å². The fourth-order valence-electron chi connectivity index (χ4n) is 2.02. The van der Waals surface area contributed by atoms with Gasteiger partial charge >= 0.3 is 0 Å². The van der Waals surface area contributed by atoms with Crippen molar-refractivity contribution in [2.45, 2.75) is 13.0 Å². The van der Waals surface area contributed by atoms with Gasteiger partial charge in [0.2, 0.25) is 5.91 Å². The highest BCUT2D eigenvalue weighted by Crippen LogP contribution is 1.96. The molecular formula is C13H20N4O. The van der Waals surface area contributed by atoms with Crippen LogP contribution in [0.5, 0.6) is 0 Å². The molecule has 98 valence electrons. The molecule has 5 nitrogen and oxygen atoms in total. The van der Waals surface area contributed by atoms with Crippen molar-refractivity contribution in [2.24, 2.45) is 0 Å². The molecule has 0 unspecified atom stereocenters. The minimum atomic E-state index is 0.0840. The van der Waals surface area contributed by atoms with Gasteiger partial charge in [0.25, 0.3) is 0 Å². The molecule has 0 spiro atoms. The van der Waals surface area contributed by atoms with Crippen molar-refractivity contribution in [2.75, 3.05) is 32.7 Å². The zero-order valence-corrected chi connectivity index (χ0v) is 10.6. The van der Waals surface area contributed by atoms with Crippen LogP contribution in [0.2, 0.25) is 0 Å². The van der Waals surface area contributed by atoms with Crippen molar-refractivity contribution in [1.82, 2.24) is 20.5 Å². The average Bonchev–Trinajstić information content (AvgIpc) is 2.66. The number of amides is 1. The Balaban J connectivity index is 1.71. The lowest BCUT2D eigenvalue weighted by Gasteiger charge is -2.18. The number of nitrogens with zero attached hydrogens (tertiary/aromatic N) is 2. The van der Waals surface area contributed by atoms with Crippen LogP contribution >= 0.6 is 0 Å². The molecule has 0 bridgehead atoms. The lowest BCUT2D eigenvalue weighted by Crippen LogP contribution is -2.38. The summed E-state index contributed by atoms with van der Waals surface area (Å²) >= 11 is 0. The Labute approximate surface area is 108 Å². The zero-order valence-electron chi connectivity index (χ0n) is 10.6. The maximum Gasteiger partial charge on any atom is 0.234 e. The molecule has 2 N–H and O–H groups in total. The lowest BCUT2D eigenvalue weighted by atomic mass is 10.3. The van der Waals surface area contributed by atoms with E-state index in [9.17, 15) is 4.79 Å². The number of hydrogen-bond donors (Lipinski definition) is 2. The average molecular weight is 248 g/mol. The minimum Gasteiger partial charge on any atom is -0.351 e. The van der Waals surface area contributed by atoms with Gasteiger partial charge < -0.3 is 10.6 Å². The van der Waals surface area contributed by atoms with Crippen LogP contribution in [0.1, 0.15) is 12.0 Å². The highest BCUT2D eigenvalue weighted by molar-refractivity contribution is 5.77. The van der Waals surface area contributed by atoms with Crippen molar-refractivity contribution < 1.29 is 4.79 Å². The predicted molar refractivity (Wildman–Crippen MR) is 70.0 cm³/mol. The van der Waals surface area contributed by atoms with Gasteiger partial charge in [-0.2, -0.15) is 0 Å². The van der Waals surface area contributed by atoms with Gasteiger partial charge in [0.1, 0.15) is 0 Å². The SMILES string of the molecule is O=C(CN1CCCNCC1)NCc1cccnc1.